The van der Waals surface area contributed by atoms with Gasteiger partial charge in [0, 0.05) is 6.42 Å². The van der Waals surface area contributed by atoms with Gasteiger partial charge in [0.1, 0.15) is 17.8 Å². The summed E-state index contributed by atoms with van der Waals surface area (Å²) in [6.07, 6.45) is 1.84. The fraction of sp³-hybridized carbons (Fsp3) is 0.727. The largest absolute Gasteiger partial charge is 0.463 e. The first kappa shape index (κ1) is 15.7. The standard InChI is InChI=1S/C11H17F2O3PS/c1-3-15-10(14)8-5-4-7(2)6-9(8)16-18-11(12,13)17/h7H,3-6,17H2,1-2H3. The lowest BCUT2D eigenvalue weighted by Crippen LogP contribution is -2.17. The molecule has 0 spiro atoms. The molecule has 0 fully saturated rings. The Kier molecular flexibility index (Phi) is 5.86. The van der Waals surface area contributed by atoms with Gasteiger partial charge < -0.3 is 8.92 Å². The van der Waals surface area contributed by atoms with Crippen LogP contribution in [0.5, 0.6) is 0 Å². The summed E-state index contributed by atoms with van der Waals surface area (Å²) in [7, 11) is 1.39. The summed E-state index contributed by atoms with van der Waals surface area (Å²) in [5.41, 5.74) is 0.386. The van der Waals surface area contributed by atoms with Crippen molar-refractivity contribution in [1.82, 2.24) is 0 Å². The summed E-state index contributed by atoms with van der Waals surface area (Å²) in [6.45, 7) is 3.96. The van der Waals surface area contributed by atoms with Gasteiger partial charge in [0.15, 0.2) is 0 Å². The zero-order valence-electron chi connectivity index (χ0n) is 10.4. The zero-order chi connectivity index (χ0) is 13.8. The Morgan fingerprint density at radius 3 is 2.83 bits per heavy atom. The predicted octanol–water partition coefficient (Wildman–Crippen LogP) is 3.71. The quantitative estimate of drug-likeness (QED) is 0.440. The number of esters is 1. The minimum atomic E-state index is -3.06. The lowest BCUT2D eigenvalue weighted by atomic mass is 9.89. The molecular formula is C11H17F2O3PS. The molecule has 3 nitrogen and oxygen atoms in total. The highest BCUT2D eigenvalue weighted by molar-refractivity contribution is 7.99. The van der Waals surface area contributed by atoms with Gasteiger partial charge in [0.05, 0.1) is 12.2 Å². The first-order valence-corrected chi connectivity index (χ1v) is 7.07. The van der Waals surface area contributed by atoms with Crippen LogP contribution in [0.1, 0.15) is 33.1 Å². The fourth-order valence-electron chi connectivity index (χ4n) is 1.70. The number of carbonyl (C=O) groups is 1. The monoisotopic (exact) mass is 298 g/mol. The molecule has 0 aromatic rings. The summed E-state index contributed by atoms with van der Waals surface area (Å²) in [5.74, 6) is 0.170. The SMILES string of the molecule is CCOC(=O)C1=C(OSC(F)(F)P)CC(C)CC1. The van der Waals surface area contributed by atoms with E-state index in [1.165, 1.54) is 9.24 Å². The normalized spacial score (nSPS) is 20.8. The van der Waals surface area contributed by atoms with Crippen LogP contribution < -0.4 is 0 Å². The van der Waals surface area contributed by atoms with E-state index in [1.807, 2.05) is 6.92 Å². The van der Waals surface area contributed by atoms with E-state index in [1.54, 1.807) is 6.92 Å². The van der Waals surface area contributed by atoms with Crippen molar-refractivity contribution in [2.24, 2.45) is 5.92 Å². The molecule has 0 radical (unpaired) electrons. The average molecular weight is 298 g/mol. The molecule has 0 amide bonds. The van der Waals surface area contributed by atoms with Crippen LogP contribution in [0, 0.1) is 5.92 Å². The number of ether oxygens (including phenoxy) is 1. The van der Waals surface area contributed by atoms with E-state index in [-0.39, 0.29) is 18.6 Å². The van der Waals surface area contributed by atoms with Gasteiger partial charge in [-0.2, -0.15) is 8.78 Å². The number of rotatable bonds is 5. The summed E-state index contributed by atoms with van der Waals surface area (Å²) in [6, 6.07) is 0. The van der Waals surface area contributed by atoms with Gasteiger partial charge in [-0.05, 0) is 34.9 Å². The van der Waals surface area contributed by atoms with Crippen LogP contribution in [0.15, 0.2) is 11.3 Å². The second kappa shape index (κ2) is 6.71. The van der Waals surface area contributed by atoms with Crippen LogP contribution in [0.25, 0.3) is 0 Å². The van der Waals surface area contributed by atoms with Gasteiger partial charge in [0.25, 0.3) is 0 Å². The van der Waals surface area contributed by atoms with Crippen LogP contribution in [0.3, 0.4) is 0 Å². The van der Waals surface area contributed by atoms with Crippen molar-refractivity contribution in [2.75, 3.05) is 6.61 Å². The minimum Gasteiger partial charge on any atom is -0.463 e. The molecular weight excluding hydrogens is 281 g/mol. The molecule has 0 saturated heterocycles. The van der Waals surface area contributed by atoms with Gasteiger partial charge in [-0.1, -0.05) is 6.92 Å². The smallest absolute Gasteiger partial charge is 0.338 e. The van der Waals surface area contributed by atoms with Crippen molar-refractivity contribution >= 4 is 27.3 Å². The highest BCUT2D eigenvalue weighted by atomic mass is 32.2. The Labute approximate surface area is 112 Å². The lowest BCUT2D eigenvalue weighted by molar-refractivity contribution is -0.139. The third-order valence-corrected chi connectivity index (χ3v) is 3.33. The summed E-state index contributed by atoms with van der Waals surface area (Å²) < 4.78 is 35.3. The summed E-state index contributed by atoms with van der Waals surface area (Å²) >= 11 is 0.0454. The minimum absolute atomic E-state index is 0.0454. The van der Waals surface area contributed by atoms with Crippen molar-refractivity contribution in [3.05, 3.63) is 11.3 Å². The first-order chi connectivity index (χ1) is 8.33. The molecule has 0 aromatic carbocycles. The second-order valence-corrected chi connectivity index (χ2v) is 6.22. The van der Waals surface area contributed by atoms with E-state index in [2.05, 4.69) is 0 Å². The molecule has 0 aliphatic heterocycles. The lowest BCUT2D eigenvalue weighted by Gasteiger charge is -2.23. The maximum absolute atomic E-state index is 12.7. The number of alkyl halides is 2. The fourth-order valence-corrected chi connectivity index (χ4v) is 2.22. The average Bonchev–Trinajstić information content (AvgIpc) is 2.25. The molecule has 0 N–H and O–H groups in total. The molecule has 1 rings (SSSR count). The molecule has 0 heterocycles. The van der Waals surface area contributed by atoms with E-state index in [9.17, 15) is 13.6 Å². The number of hydrogen-bond donors (Lipinski definition) is 0. The molecule has 0 saturated carbocycles. The van der Waals surface area contributed by atoms with Crippen LogP contribution in [0.2, 0.25) is 0 Å². The molecule has 18 heavy (non-hydrogen) atoms. The molecule has 2 atom stereocenters. The Hall–Kier alpha value is -0.350. The maximum Gasteiger partial charge on any atom is 0.338 e. The Morgan fingerprint density at radius 1 is 1.61 bits per heavy atom. The number of hydrogen-bond acceptors (Lipinski definition) is 4. The third-order valence-electron chi connectivity index (χ3n) is 2.53. The van der Waals surface area contributed by atoms with Crippen LogP contribution in [-0.4, -0.2) is 17.6 Å². The van der Waals surface area contributed by atoms with Crippen molar-refractivity contribution in [3.8, 4) is 0 Å². The number of carbonyl (C=O) groups excluding carboxylic acids is 1. The highest BCUT2D eigenvalue weighted by Gasteiger charge is 2.30. The number of allylic oxidation sites excluding steroid dienone is 1. The van der Waals surface area contributed by atoms with Crippen molar-refractivity contribution in [3.63, 3.8) is 0 Å². The molecule has 2 unspecified atom stereocenters. The van der Waals surface area contributed by atoms with Gasteiger partial charge >= 0.3 is 11.0 Å². The van der Waals surface area contributed by atoms with Crippen molar-refractivity contribution in [2.45, 2.75) is 38.1 Å². The molecule has 0 bridgehead atoms. The Morgan fingerprint density at radius 2 is 2.28 bits per heavy atom. The molecule has 0 aromatic heterocycles. The van der Waals surface area contributed by atoms with Crippen molar-refractivity contribution < 1.29 is 22.5 Å². The van der Waals surface area contributed by atoms with E-state index in [4.69, 9.17) is 8.92 Å². The van der Waals surface area contributed by atoms with Gasteiger partial charge in [-0.15, -0.1) is 0 Å². The number of halogens is 2. The van der Waals surface area contributed by atoms with Crippen molar-refractivity contribution in [1.29, 1.82) is 0 Å². The maximum atomic E-state index is 12.7. The van der Waals surface area contributed by atoms with Gasteiger partial charge in [-0.25, -0.2) is 4.79 Å². The van der Waals surface area contributed by atoms with Crippen LogP contribution >= 0.6 is 21.3 Å². The van der Waals surface area contributed by atoms with Crippen LogP contribution in [-0.2, 0) is 13.7 Å². The summed E-state index contributed by atoms with van der Waals surface area (Å²) in [5, 5.41) is 0. The zero-order valence-corrected chi connectivity index (χ0v) is 12.3. The topological polar surface area (TPSA) is 35.5 Å². The van der Waals surface area contributed by atoms with E-state index < -0.39 is 11.0 Å². The van der Waals surface area contributed by atoms with Crippen LogP contribution in [0.4, 0.5) is 8.78 Å². The molecule has 104 valence electrons. The third kappa shape index (κ3) is 5.11. The predicted molar refractivity (Wildman–Crippen MR) is 70.0 cm³/mol. The molecule has 1 aliphatic carbocycles. The van der Waals surface area contributed by atoms with Gasteiger partial charge in [0.2, 0.25) is 0 Å². The Bertz CT molecular complexity index is 342. The van der Waals surface area contributed by atoms with E-state index in [0.29, 0.717) is 30.1 Å². The van der Waals surface area contributed by atoms with E-state index in [0.717, 1.165) is 6.42 Å². The van der Waals surface area contributed by atoms with Gasteiger partial charge in [-0.3, -0.25) is 0 Å². The highest BCUT2D eigenvalue weighted by Crippen LogP contribution is 2.41. The van der Waals surface area contributed by atoms with E-state index >= 15 is 0 Å². The summed E-state index contributed by atoms with van der Waals surface area (Å²) in [4.78, 5) is 8.62. The first-order valence-electron chi connectivity index (χ1n) is 5.75. The Balaban J connectivity index is 2.78. The molecule has 1 aliphatic rings. The molecule has 7 heteroatoms. The second-order valence-electron chi connectivity index (χ2n) is 4.20.